The Kier molecular flexibility index (Phi) is 5.30. The third-order valence-corrected chi connectivity index (χ3v) is 2.36. The van der Waals surface area contributed by atoms with Crippen LogP contribution in [0, 0.1) is 5.92 Å². The Morgan fingerprint density at radius 2 is 1.80 bits per heavy atom. The summed E-state index contributed by atoms with van der Waals surface area (Å²) in [4.78, 5) is 10.6. The van der Waals surface area contributed by atoms with Gasteiger partial charge in [-0.25, -0.2) is 0 Å². The van der Waals surface area contributed by atoms with Gasteiger partial charge >= 0.3 is 5.97 Å². The van der Waals surface area contributed by atoms with Gasteiger partial charge in [0, 0.05) is 12.4 Å². The van der Waals surface area contributed by atoms with E-state index in [1.54, 1.807) is 0 Å². The highest BCUT2D eigenvalue weighted by Crippen LogP contribution is 2.26. The molecule has 0 bridgehead atoms. The Morgan fingerprint density at radius 1 is 1.20 bits per heavy atom. The summed E-state index contributed by atoms with van der Waals surface area (Å²) >= 11 is 0. The first-order valence-electron chi connectivity index (χ1n) is 5.17. The predicted molar refractivity (Wildman–Crippen MR) is 59.9 cm³/mol. The molecule has 0 saturated heterocycles. The third kappa shape index (κ3) is 4.49. The number of ether oxygens (including phenoxy) is 1. The monoisotopic (exact) mass is 207 g/mol. The molecular formula is C12H17NO2. The van der Waals surface area contributed by atoms with E-state index >= 15 is 0 Å². The van der Waals surface area contributed by atoms with Crippen LogP contribution in [-0.2, 0) is 9.53 Å². The molecule has 82 valence electrons. The Balaban J connectivity index is 0.000000151. The van der Waals surface area contributed by atoms with Gasteiger partial charge in [-0.05, 0) is 25.0 Å². The average molecular weight is 207 g/mol. The van der Waals surface area contributed by atoms with Gasteiger partial charge in [-0.2, -0.15) is 0 Å². The minimum atomic E-state index is -0.0312. The summed E-state index contributed by atoms with van der Waals surface area (Å²) in [5.41, 5.74) is 0. The fourth-order valence-corrected chi connectivity index (χ4v) is 1.22. The number of carbonyl (C=O) groups is 1. The number of allylic oxidation sites excluding steroid dienone is 4. The van der Waals surface area contributed by atoms with E-state index in [2.05, 4.69) is 10.1 Å². The number of carbonyl (C=O) groups excluding carboxylic acids is 1. The first-order chi connectivity index (χ1) is 7.34. The van der Waals surface area contributed by atoms with E-state index in [0.29, 0.717) is 0 Å². The van der Waals surface area contributed by atoms with Crippen molar-refractivity contribution in [3.63, 3.8) is 0 Å². The average Bonchev–Trinajstić information content (AvgIpc) is 2.47. The Bertz CT molecular complexity index is 261. The number of hydrogen-bond donors (Lipinski definition) is 1. The van der Waals surface area contributed by atoms with Gasteiger partial charge in [0.1, 0.15) is 0 Å². The number of nitrogens with one attached hydrogen (secondary N) is 1. The van der Waals surface area contributed by atoms with Crippen LogP contribution >= 0.6 is 0 Å². The summed E-state index contributed by atoms with van der Waals surface area (Å²) in [6.07, 6.45) is 14.8. The van der Waals surface area contributed by atoms with Crippen LogP contribution in [0.15, 0.2) is 36.7 Å². The SMILES string of the molecule is C1=CC=CNC=C1.COC(=O)C1CCC1. The molecule has 0 aromatic carbocycles. The standard InChI is InChI=1S/C6H7N.C6H10O2/c1-2-4-6-7-5-3-1;1-8-6(7)5-3-2-4-5/h1-7H;5H,2-4H2,1H3. The third-order valence-electron chi connectivity index (χ3n) is 2.36. The van der Waals surface area contributed by atoms with Gasteiger partial charge in [-0.3, -0.25) is 4.79 Å². The first-order valence-corrected chi connectivity index (χ1v) is 5.17. The molecule has 1 aliphatic carbocycles. The van der Waals surface area contributed by atoms with E-state index in [1.165, 1.54) is 13.5 Å². The van der Waals surface area contributed by atoms with Crippen molar-refractivity contribution in [2.75, 3.05) is 7.11 Å². The Morgan fingerprint density at radius 3 is 2.13 bits per heavy atom. The zero-order valence-corrected chi connectivity index (χ0v) is 8.98. The van der Waals surface area contributed by atoms with Crippen LogP contribution in [0.3, 0.4) is 0 Å². The highest BCUT2D eigenvalue weighted by Gasteiger charge is 2.25. The van der Waals surface area contributed by atoms with Crippen molar-refractivity contribution in [3.8, 4) is 0 Å². The normalized spacial score (nSPS) is 17.9. The smallest absolute Gasteiger partial charge is 0.308 e. The van der Waals surface area contributed by atoms with Gasteiger partial charge < -0.3 is 10.1 Å². The molecule has 1 fully saturated rings. The van der Waals surface area contributed by atoms with Crippen molar-refractivity contribution in [2.45, 2.75) is 19.3 Å². The van der Waals surface area contributed by atoms with Crippen molar-refractivity contribution in [1.82, 2.24) is 5.32 Å². The lowest BCUT2D eigenvalue weighted by Gasteiger charge is -2.21. The summed E-state index contributed by atoms with van der Waals surface area (Å²) in [7, 11) is 1.45. The molecule has 0 spiro atoms. The fraction of sp³-hybridized carbons (Fsp3) is 0.417. The summed E-state index contributed by atoms with van der Waals surface area (Å²) in [6, 6.07) is 0. The van der Waals surface area contributed by atoms with E-state index < -0.39 is 0 Å². The minimum absolute atomic E-state index is 0.0312. The van der Waals surface area contributed by atoms with Crippen LogP contribution in [-0.4, -0.2) is 13.1 Å². The second-order valence-corrected chi connectivity index (χ2v) is 3.42. The van der Waals surface area contributed by atoms with Crippen LogP contribution in [0.25, 0.3) is 0 Å². The zero-order valence-electron chi connectivity index (χ0n) is 8.98. The van der Waals surface area contributed by atoms with Crippen LogP contribution < -0.4 is 5.32 Å². The van der Waals surface area contributed by atoms with Gasteiger partial charge in [0.15, 0.2) is 0 Å². The molecule has 1 saturated carbocycles. The number of hydrogen-bond acceptors (Lipinski definition) is 3. The topological polar surface area (TPSA) is 38.3 Å². The molecule has 0 radical (unpaired) electrons. The quantitative estimate of drug-likeness (QED) is 0.669. The second-order valence-electron chi connectivity index (χ2n) is 3.42. The molecule has 0 unspecified atom stereocenters. The van der Waals surface area contributed by atoms with E-state index in [9.17, 15) is 4.79 Å². The van der Waals surface area contributed by atoms with Crippen LogP contribution in [0.5, 0.6) is 0 Å². The van der Waals surface area contributed by atoms with Crippen molar-refractivity contribution in [3.05, 3.63) is 36.7 Å². The lowest BCUT2D eigenvalue weighted by molar-refractivity contribution is -0.148. The van der Waals surface area contributed by atoms with Gasteiger partial charge in [0.25, 0.3) is 0 Å². The lowest BCUT2D eigenvalue weighted by Crippen LogP contribution is -2.22. The summed E-state index contributed by atoms with van der Waals surface area (Å²) in [6.45, 7) is 0. The molecule has 1 aliphatic heterocycles. The first kappa shape index (κ1) is 11.6. The minimum Gasteiger partial charge on any atom is -0.469 e. The summed E-state index contributed by atoms with van der Waals surface area (Å²) < 4.78 is 4.52. The highest BCUT2D eigenvalue weighted by atomic mass is 16.5. The van der Waals surface area contributed by atoms with Gasteiger partial charge in [-0.1, -0.05) is 18.6 Å². The largest absolute Gasteiger partial charge is 0.469 e. The molecule has 0 aromatic heterocycles. The molecule has 0 aromatic rings. The van der Waals surface area contributed by atoms with Crippen molar-refractivity contribution < 1.29 is 9.53 Å². The van der Waals surface area contributed by atoms with E-state index in [0.717, 1.165) is 12.8 Å². The van der Waals surface area contributed by atoms with Crippen molar-refractivity contribution >= 4 is 5.97 Å². The summed E-state index contributed by atoms with van der Waals surface area (Å²) in [5.74, 6) is 0.205. The maximum Gasteiger partial charge on any atom is 0.308 e. The molecule has 0 atom stereocenters. The molecule has 1 heterocycles. The fourth-order valence-electron chi connectivity index (χ4n) is 1.22. The maximum atomic E-state index is 10.6. The molecule has 3 nitrogen and oxygen atoms in total. The molecule has 2 rings (SSSR count). The Labute approximate surface area is 90.5 Å². The Hall–Kier alpha value is -1.51. The van der Waals surface area contributed by atoms with Gasteiger partial charge in [-0.15, -0.1) is 0 Å². The van der Waals surface area contributed by atoms with E-state index in [1.807, 2.05) is 36.7 Å². The zero-order chi connectivity index (χ0) is 10.9. The molecule has 1 N–H and O–H groups in total. The molecule has 3 heteroatoms. The summed E-state index contributed by atoms with van der Waals surface area (Å²) in [5, 5.41) is 2.92. The number of methoxy groups -OCH3 is 1. The second kappa shape index (κ2) is 6.87. The van der Waals surface area contributed by atoms with Crippen LogP contribution in [0.4, 0.5) is 0 Å². The molecule has 0 amide bonds. The maximum absolute atomic E-state index is 10.6. The van der Waals surface area contributed by atoms with E-state index in [-0.39, 0.29) is 11.9 Å². The predicted octanol–water partition coefficient (Wildman–Crippen LogP) is 2.13. The van der Waals surface area contributed by atoms with Crippen molar-refractivity contribution in [1.29, 1.82) is 0 Å². The molecular weight excluding hydrogens is 190 g/mol. The number of esters is 1. The van der Waals surface area contributed by atoms with Gasteiger partial charge in [0.2, 0.25) is 0 Å². The van der Waals surface area contributed by atoms with Crippen LogP contribution in [0.2, 0.25) is 0 Å². The van der Waals surface area contributed by atoms with Crippen molar-refractivity contribution in [2.24, 2.45) is 5.92 Å². The molecule has 15 heavy (non-hydrogen) atoms. The lowest BCUT2D eigenvalue weighted by atomic mass is 9.86. The molecule has 2 aliphatic rings. The highest BCUT2D eigenvalue weighted by molar-refractivity contribution is 5.72. The van der Waals surface area contributed by atoms with E-state index in [4.69, 9.17) is 0 Å². The van der Waals surface area contributed by atoms with Crippen LogP contribution in [0.1, 0.15) is 19.3 Å². The number of rotatable bonds is 1. The van der Waals surface area contributed by atoms with Gasteiger partial charge in [0.05, 0.1) is 13.0 Å².